The number of hydrogen-bond acceptors (Lipinski definition) is 4. The molecule has 0 aliphatic heterocycles. The van der Waals surface area contributed by atoms with Crippen LogP contribution in [-0.4, -0.2) is 27.6 Å². The third kappa shape index (κ3) is 4.95. The van der Waals surface area contributed by atoms with Crippen molar-refractivity contribution in [2.24, 2.45) is 0 Å². The maximum atomic E-state index is 10.2. The zero-order chi connectivity index (χ0) is 11.1. The van der Waals surface area contributed by atoms with E-state index in [9.17, 15) is 4.79 Å². The number of carboxylic acid groups (broad SMARTS) is 1. The van der Waals surface area contributed by atoms with Gasteiger partial charge in [-0.05, 0) is 25.8 Å². The van der Waals surface area contributed by atoms with E-state index in [0.29, 0.717) is 18.9 Å². The minimum absolute atomic E-state index is 0.219. The van der Waals surface area contributed by atoms with Crippen LogP contribution in [0.1, 0.15) is 25.0 Å². The standard InChI is InChI=1S/C10H15N3O2/c1-8-5-7-12-10(13-8)11-6-3-2-4-9(14)15/h5,7H,2-4,6H2,1H3,(H,14,15)(H,11,12,13). The highest BCUT2D eigenvalue weighted by Gasteiger charge is 1.97. The van der Waals surface area contributed by atoms with Crippen LogP contribution < -0.4 is 5.32 Å². The highest BCUT2D eigenvalue weighted by Crippen LogP contribution is 2.00. The van der Waals surface area contributed by atoms with Crippen molar-refractivity contribution < 1.29 is 9.90 Å². The van der Waals surface area contributed by atoms with Gasteiger partial charge in [-0.2, -0.15) is 0 Å². The van der Waals surface area contributed by atoms with Gasteiger partial charge in [-0.15, -0.1) is 0 Å². The van der Waals surface area contributed by atoms with E-state index in [2.05, 4.69) is 15.3 Å². The average molecular weight is 209 g/mol. The molecule has 0 aromatic carbocycles. The van der Waals surface area contributed by atoms with Gasteiger partial charge < -0.3 is 10.4 Å². The molecule has 1 heterocycles. The normalized spacial score (nSPS) is 9.93. The van der Waals surface area contributed by atoms with E-state index in [0.717, 1.165) is 12.1 Å². The molecule has 0 unspecified atom stereocenters. The fourth-order valence-electron chi connectivity index (χ4n) is 1.14. The first-order valence-electron chi connectivity index (χ1n) is 4.94. The first-order chi connectivity index (χ1) is 7.18. The zero-order valence-electron chi connectivity index (χ0n) is 8.73. The Balaban J connectivity index is 2.17. The first kappa shape index (κ1) is 11.4. The Morgan fingerprint density at radius 1 is 1.53 bits per heavy atom. The zero-order valence-corrected chi connectivity index (χ0v) is 8.73. The molecule has 0 bridgehead atoms. The third-order valence-electron chi connectivity index (χ3n) is 1.90. The van der Waals surface area contributed by atoms with Crippen molar-refractivity contribution >= 4 is 11.9 Å². The number of aromatic nitrogens is 2. The number of aliphatic carboxylic acids is 1. The van der Waals surface area contributed by atoms with Gasteiger partial charge in [0, 0.05) is 24.9 Å². The number of rotatable bonds is 6. The molecule has 2 N–H and O–H groups in total. The van der Waals surface area contributed by atoms with E-state index in [4.69, 9.17) is 5.11 Å². The Bertz CT molecular complexity index is 328. The van der Waals surface area contributed by atoms with E-state index in [1.54, 1.807) is 6.20 Å². The van der Waals surface area contributed by atoms with Crippen LogP contribution >= 0.6 is 0 Å². The van der Waals surface area contributed by atoms with Crippen molar-refractivity contribution in [1.82, 2.24) is 9.97 Å². The lowest BCUT2D eigenvalue weighted by atomic mass is 10.2. The monoisotopic (exact) mass is 209 g/mol. The molecule has 0 saturated carbocycles. The van der Waals surface area contributed by atoms with Crippen LogP contribution in [0.2, 0.25) is 0 Å². The van der Waals surface area contributed by atoms with Crippen molar-refractivity contribution in [3.63, 3.8) is 0 Å². The van der Waals surface area contributed by atoms with Crippen LogP contribution in [0, 0.1) is 6.92 Å². The highest BCUT2D eigenvalue weighted by molar-refractivity contribution is 5.66. The summed E-state index contributed by atoms with van der Waals surface area (Å²) < 4.78 is 0. The van der Waals surface area contributed by atoms with Gasteiger partial charge in [0.05, 0.1) is 0 Å². The molecule has 0 radical (unpaired) electrons. The van der Waals surface area contributed by atoms with Crippen molar-refractivity contribution in [3.8, 4) is 0 Å². The average Bonchev–Trinajstić information content (AvgIpc) is 2.17. The molecule has 0 aliphatic rings. The summed E-state index contributed by atoms with van der Waals surface area (Å²) in [5, 5.41) is 11.5. The topological polar surface area (TPSA) is 75.1 Å². The van der Waals surface area contributed by atoms with Crippen LogP contribution in [0.4, 0.5) is 5.95 Å². The van der Waals surface area contributed by atoms with Gasteiger partial charge in [-0.3, -0.25) is 4.79 Å². The van der Waals surface area contributed by atoms with Crippen molar-refractivity contribution in [3.05, 3.63) is 18.0 Å². The predicted octanol–water partition coefficient (Wildman–Crippen LogP) is 1.45. The van der Waals surface area contributed by atoms with E-state index >= 15 is 0 Å². The van der Waals surface area contributed by atoms with Crippen LogP contribution in [0.5, 0.6) is 0 Å². The highest BCUT2D eigenvalue weighted by atomic mass is 16.4. The van der Waals surface area contributed by atoms with E-state index in [1.165, 1.54) is 0 Å². The maximum absolute atomic E-state index is 10.2. The number of hydrogen-bond donors (Lipinski definition) is 2. The SMILES string of the molecule is Cc1ccnc(NCCCCC(=O)O)n1. The fraction of sp³-hybridized carbons (Fsp3) is 0.500. The summed E-state index contributed by atoms with van der Waals surface area (Å²) in [5.74, 6) is -0.146. The van der Waals surface area contributed by atoms with Gasteiger partial charge >= 0.3 is 5.97 Å². The Hall–Kier alpha value is -1.65. The van der Waals surface area contributed by atoms with Gasteiger partial charge in [0.15, 0.2) is 0 Å². The minimum atomic E-state index is -0.748. The molecule has 0 atom stereocenters. The molecule has 15 heavy (non-hydrogen) atoms. The van der Waals surface area contributed by atoms with Gasteiger partial charge in [-0.25, -0.2) is 9.97 Å². The Labute approximate surface area is 88.6 Å². The van der Waals surface area contributed by atoms with E-state index in [-0.39, 0.29) is 6.42 Å². The number of carboxylic acids is 1. The molecule has 5 heteroatoms. The molecule has 5 nitrogen and oxygen atoms in total. The van der Waals surface area contributed by atoms with Crippen molar-refractivity contribution in [2.75, 3.05) is 11.9 Å². The van der Waals surface area contributed by atoms with Crippen LogP contribution in [0.15, 0.2) is 12.3 Å². The molecule has 1 rings (SSSR count). The predicted molar refractivity (Wildman–Crippen MR) is 56.7 cm³/mol. The van der Waals surface area contributed by atoms with Gasteiger partial charge in [0.1, 0.15) is 0 Å². The van der Waals surface area contributed by atoms with Gasteiger partial charge in [-0.1, -0.05) is 0 Å². The first-order valence-corrected chi connectivity index (χ1v) is 4.94. The number of anilines is 1. The van der Waals surface area contributed by atoms with Crippen LogP contribution in [0.3, 0.4) is 0 Å². The molecular formula is C10H15N3O2. The Morgan fingerprint density at radius 2 is 2.33 bits per heavy atom. The van der Waals surface area contributed by atoms with Gasteiger partial charge in [0.25, 0.3) is 0 Å². The van der Waals surface area contributed by atoms with Crippen molar-refractivity contribution in [1.29, 1.82) is 0 Å². The Morgan fingerprint density at radius 3 is 3.00 bits per heavy atom. The van der Waals surface area contributed by atoms with E-state index in [1.807, 2.05) is 13.0 Å². The van der Waals surface area contributed by atoms with Crippen LogP contribution in [0.25, 0.3) is 0 Å². The molecule has 0 aliphatic carbocycles. The second-order valence-electron chi connectivity index (χ2n) is 3.30. The number of nitrogens with zero attached hydrogens (tertiary/aromatic N) is 2. The smallest absolute Gasteiger partial charge is 0.303 e. The number of nitrogens with one attached hydrogen (secondary N) is 1. The largest absolute Gasteiger partial charge is 0.481 e. The quantitative estimate of drug-likeness (QED) is 0.693. The number of carbonyl (C=O) groups is 1. The summed E-state index contributed by atoms with van der Waals surface area (Å²) in [4.78, 5) is 18.4. The summed E-state index contributed by atoms with van der Waals surface area (Å²) in [6.45, 7) is 2.61. The van der Waals surface area contributed by atoms with E-state index < -0.39 is 5.97 Å². The van der Waals surface area contributed by atoms with Crippen LogP contribution in [-0.2, 0) is 4.79 Å². The molecule has 0 saturated heterocycles. The lowest BCUT2D eigenvalue weighted by Gasteiger charge is -2.03. The van der Waals surface area contributed by atoms with Gasteiger partial charge in [0.2, 0.25) is 5.95 Å². The Kier molecular flexibility index (Phi) is 4.53. The number of aryl methyl sites for hydroxylation is 1. The molecule has 0 amide bonds. The number of unbranched alkanes of at least 4 members (excludes halogenated alkanes) is 1. The molecule has 0 fully saturated rings. The summed E-state index contributed by atoms with van der Waals surface area (Å²) in [6, 6.07) is 1.83. The minimum Gasteiger partial charge on any atom is -0.481 e. The fourth-order valence-corrected chi connectivity index (χ4v) is 1.14. The molecule has 82 valence electrons. The second kappa shape index (κ2) is 5.95. The molecule has 1 aromatic rings. The lowest BCUT2D eigenvalue weighted by molar-refractivity contribution is -0.137. The summed E-state index contributed by atoms with van der Waals surface area (Å²) in [5.41, 5.74) is 0.915. The molecular weight excluding hydrogens is 194 g/mol. The summed E-state index contributed by atoms with van der Waals surface area (Å²) in [6.07, 6.45) is 3.40. The maximum Gasteiger partial charge on any atom is 0.303 e. The molecule has 1 aromatic heterocycles. The summed E-state index contributed by atoms with van der Waals surface area (Å²) >= 11 is 0. The molecule has 0 spiro atoms. The third-order valence-corrected chi connectivity index (χ3v) is 1.90. The van der Waals surface area contributed by atoms with Crippen molar-refractivity contribution in [2.45, 2.75) is 26.2 Å². The lowest BCUT2D eigenvalue weighted by Crippen LogP contribution is -2.06. The second-order valence-corrected chi connectivity index (χ2v) is 3.30. The summed E-state index contributed by atoms with van der Waals surface area (Å²) in [7, 11) is 0.